The lowest BCUT2D eigenvalue weighted by Gasteiger charge is -2.11. The Morgan fingerprint density at radius 2 is 1.21 bits per heavy atom. The monoisotopic (exact) mass is 549 g/mol. The smallest absolute Gasteiger partial charge is 0.146 e. The van der Waals surface area contributed by atoms with Crippen molar-refractivity contribution >= 4 is 70.9 Å². The summed E-state index contributed by atoms with van der Waals surface area (Å²) in [5.41, 5.74) is 9.11. The molecule has 5 nitrogen and oxygen atoms in total. The van der Waals surface area contributed by atoms with Crippen molar-refractivity contribution in [3.8, 4) is 11.4 Å². The number of hydrogen-bond acceptors (Lipinski definition) is 2. The van der Waals surface area contributed by atoms with E-state index in [2.05, 4.69) is 140 Å². The van der Waals surface area contributed by atoms with Crippen LogP contribution in [-0.4, -0.2) is 23.5 Å². The predicted octanol–water partition coefficient (Wildman–Crippen LogP) is 9.23. The lowest BCUT2D eigenvalue weighted by molar-refractivity contribution is 1.17. The van der Waals surface area contributed by atoms with Gasteiger partial charge in [-0.1, -0.05) is 60.7 Å². The van der Waals surface area contributed by atoms with Gasteiger partial charge in [-0.2, -0.15) is 0 Å². The number of benzene rings is 5. The number of pyridine rings is 2. The summed E-state index contributed by atoms with van der Waals surface area (Å²) in [6.45, 7) is 0. The third-order valence-corrected chi connectivity index (χ3v) is 8.96. The van der Waals surface area contributed by atoms with Crippen LogP contribution in [0.25, 0.3) is 82.3 Å². The molecule has 5 aromatic carbocycles. The summed E-state index contributed by atoms with van der Waals surface area (Å²) in [7, 11) is 0. The molecule has 0 bridgehead atoms. The van der Waals surface area contributed by atoms with Crippen LogP contribution < -0.4 is 0 Å². The van der Waals surface area contributed by atoms with Crippen molar-refractivity contribution in [2.75, 3.05) is 0 Å². The van der Waals surface area contributed by atoms with Gasteiger partial charge in [0, 0.05) is 68.5 Å². The summed E-state index contributed by atoms with van der Waals surface area (Å²) in [6.07, 6.45) is 7.74. The molecule has 43 heavy (non-hydrogen) atoms. The average Bonchev–Trinajstić information content (AvgIpc) is 3.78. The van der Waals surface area contributed by atoms with Crippen molar-refractivity contribution < 1.29 is 0 Å². The van der Waals surface area contributed by atoms with E-state index in [1.165, 1.54) is 49.0 Å². The van der Waals surface area contributed by atoms with Gasteiger partial charge in [0.1, 0.15) is 5.65 Å². The Hall–Kier alpha value is -5.94. The quantitative estimate of drug-likeness (QED) is 0.202. The zero-order chi connectivity index (χ0) is 28.1. The van der Waals surface area contributed by atoms with Gasteiger partial charge in [-0.3, -0.25) is 9.38 Å². The Morgan fingerprint density at radius 3 is 2.05 bits per heavy atom. The Balaban J connectivity index is 1.51. The van der Waals surface area contributed by atoms with Crippen molar-refractivity contribution in [2.45, 2.75) is 0 Å². The fourth-order valence-corrected chi connectivity index (χ4v) is 7.21. The maximum Gasteiger partial charge on any atom is 0.146 e. The first-order chi connectivity index (χ1) is 21.4. The van der Waals surface area contributed by atoms with Gasteiger partial charge in [-0.25, -0.2) is 4.98 Å². The van der Waals surface area contributed by atoms with Crippen LogP contribution in [-0.2, 0) is 0 Å². The summed E-state index contributed by atoms with van der Waals surface area (Å²) in [6, 6.07) is 41.6. The molecule has 0 saturated heterocycles. The van der Waals surface area contributed by atoms with Crippen molar-refractivity contribution in [1.29, 1.82) is 0 Å². The van der Waals surface area contributed by atoms with Gasteiger partial charge in [-0.05, 0) is 60.0 Å². The van der Waals surface area contributed by atoms with E-state index in [0.717, 1.165) is 33.3 Å². The number of nitrogens with zero attached hydrogens (tertiary/aromatic N) is 5. The molecule has 10 rings (SSSR count). The summed E-state index contributed by atoms with van der Waals surface area (Å²) < 4.78 is 7.06. The average molecular weight is 550 g/mol. The largest absolute Gasteiger partial charge is 0.309 e. The molecule has 5 aromatic heterocycles. The number of rotatable bonds is 2. The van der Waals surface area contributed by atoms with Crippen LogP contribution in [0.4, 0.5) is 0 Å². The van der Waals surface area contributed by atoms with Crippen LogP contribution in [0.2, 0.25) is 0 Å². The Bertz CT molecular complexity index is 2710. The second kappa shape index (κ2) is 8.30. The van der Waals surface area contributed by atoms with E-state index in [1.807, 2.05) is 18.6 Å². The van der Waals surface area contributed by atoms with Crippen molar-refractivity contribution in [3.05, 3.63) is 140 Å². The Morgan fingerprint density at radius 1 is 0.465 bits per heavy atom. The van der Waals surface area contributed by atoms with Gasteiger partial charge < -0.3 is 9.13 Å². The maximum atomic E-state index is 4.74. The molecule has 0 amide bonds. The van der Waals surface area contributed by atoms with E-state index in [-0.39, 0.29) is 0 Å². The van der Waals surface area contributed by atoms with Gasteiger partial charge in [0.15, 0.2) is 0 Å². The minimum Gasteiger partial charge on any atom is -0.309 e. The molecule has 0 aliphatic carbocycles. The second-order valence-electron chi connectivity index (χ2n) is 11.1. The van der Waals surface area contributed by atoms with E-state index in [1.54, 1.807) is 0 Å². The Kier molecular flexibility index (Phi) is 4.39. The molecule has 0 radical (unpaired) electrons. The summed E-state index contributed by atoms with van der Waals surface area (Å²) in [5, 5.41) is 8.32. The number of imidazole rings is 1. The molecule has 0 aliphatic rings. The molecular formula is C38H23N5. The molecule has 10 aromatic rings. The zero-order valence-corrected chi connectivity index (χ0v) is 23.0. The molecule has 5 heterocycles. The lowest BCUT2D eigenvalue weighted by atomic mass is 10.0. The van der Waals surface area contributed by atoms with Crippen LogP contribution in [0.1, 0.15) is 0 Å². The molecule has 0 aliphatic heterocycles. The van der Waals surface area contributed by atoms with Gasteiger partial charge in [0.2, 0.25) is 0 Å². The molecule has 0 saturated carbocycles. The van der Waals surface area contributed by atoms with Crippen LogP contribution in [0, 0.1) is 0 Å². The van der Waals surface area contributed by atoms with E-state index < -0.39 is 0 Å². The highest BCUT2D eigenvalue weighted by Crippen LogP contribution is 2.43. The van der Waals surface area contributed by atoms with Crippen molar-refractivity contribution in [3.63, 3.8) is 0 Å². The summed E-state index contributed by atoms with van der Waals surface area (Å²) in [5.74, 6) is 0. The highest BCUT2D eigenvalue weighted by Gasteiger charge is 2.22. The number of para-hydroxylation sites is 3. The van der Waals surface area contributed by atoms with E-state index in [4.69, 9.17) is 4.98 Å². The first kappa shape index (κ1) is 22.7. The molecule has 0 fully saturated rings. The van der Waals surface area contributed by atoms with Crippen LogP contribution in [0.5, 0.6) is 0 Å². The molecular weight excluding hydrogens is 526 g/mol. The van der Waals surface area contributed by atoms with Crippen LogP contribution in [0.3, 0.4) is 0 Å². The molecule has 0 N–H and O–H groups in total. The SMILES string of the molecule is c1ccc(-n2c3cc4c5ccncc5c5nccn5c4cc3c3c2ccc2c4ccccc4n(-c4ccccc4)c23)cc1. The minimum absolute atomic E-state index is 0.922. The third kappa shape index (κ3) is 2.95. The highest BCUT2D eigenvalue weighted by molar-refractivity contribution is 6.28. The minimum atomic E-state index is 0.922. The summed E-state index contributed by atoms with van der Waals surface area (Å²) >= 11 is 0. The van der Waals surface area contributed by atoms with Gasteiger partial charge in [0.05, 0.1) is 27.6 Å². The molecule has 0 unspecified atom stereocenters. The lowest BCUT2D eigenvalue weighted by Crippen LogP contribution is -1.95. The standard InChI is InChI=1S/C38H23N5/c1-3-9-24(10-4-1)42-33-16-15-28-27-13-7-8-14-32(27)43(25-11-5-2-6-12-25)37(28)36(33)30-22-34-29(21-35(30)42)26-17-18-39-23-31(26)38-40-19-20-41(34)38/h1-23H. The van der Waals surface area contributed by atoms with Gasteiger partial charge >= 0.3 is 0 Å². The Labute approximate surface area is 245 Å². The fourth-order valence-electron chi connectivity index (χ4n) is 7.21. The zero-order valence-electron chi connectivity index (χ0n) is 23.0. The number of aromatic nitrogens is 5. The third-order valence-electron chi connectivity index (χ3n) is 8.96. The predicted molar refractivity (Wildman–Crippen MR) is 177 cm³/mol. The normalized spacial score (nSPS) is 12.2. The molecule has 0 spiro atoms. The highest BCUT2D eigenvalue weighted by atomic mass is 15.0. The maximum absolute atomic E-state index is 4.74. The molecule has 5 heteroatoms. The van der Waals surface area contributed by atoms with Gasteiger partial charge in [0.25, 0.3) is 0 Å². The van der Waals surface area contributed by atoms with Crippen LogP contribution >= 0.6 is 0 Å². The van der Waals surface area contributed by atoms with Gasteiger partial charge in [-0.15, -0.1) is 0 Å². The van der Waals surface area contributed by atoms with Crippen LogP contribution in [0.15, 0.2) is 140 Å². The number of fused-ring (bicyclic) bond motifs is 13. The molecule has 0 atom stereocenters. The summed E-state index contributed by atoms with van der Waals surface area (Å²) in [4.78, 5) is 9.18. The van der Waals surface area contributed by atoms with Crippen molar-refractivity contribution in [2.24, 2.45) is 0 Å². The second-order valence-corrected chi connectivity index (χ2v) is 11.1. The van der Waals surface area contributed by atoms with E-state index in [9.17, 15) is 0 Å². The topological polar surface area (TPSA) is 40.1 Å². The van der Waals surface area contributed by atoms with E-state index in [0.29, 0.717) is 0 Å². The van der Waals surface area contributed by atoms with E-state index >= 15 is 0 Å². The first-order valence-corrected chi connectivity index (χ1v) is 14.5. The number of hydrogen-bond donors (Lipinski definition) is 0. The first-order valence-electron chi connectivity index (χ1n) is 14.5. The van der Waals surface area contributed by atoms with Crippen molar-refractivity contribution in [1.82, 2.24) is 23.5 Å². The molecule has 200 valence electrons. The fraction of sp³-hybridized carbons (Fsp3) is 0.